The van der Waals surface area contributed by atoms with E-state index in [2.05, 4.69) is 43.8 Å². The van der Waals surface area contributed by atoms with Crippen LogP contribution < -0.4 is 20.5 Å². The van der Waals surface area contributed by atoms with Gasteiger partial charge in [-0.25, -0.2) is 22.2 Å². The Labute approximate surface area is 294 Å². The number of halogens is 2. The van der Waals surface area contributed by atoms with E-state index in [-0.39, 0.29) is 51.0 Å². The maximum absolute atomic E-state index is 15.2. The van der Waals surface area contributed by atoms with Crippen molar-refractivity contribution in [3.63, 3.8) is 0 Å². The number of nitrogens with two attached hydrogens (primary N) is 1. The zero-order chi connectivity index (χ0) is 36.7. The highest BCUT2D eigenvalue weighted by molar-refractivity contribution is 7.91. The van der Waals surface area contributed by atoms with E-state index in [4.69, 9.17) is 15.2 Å². The van der Waals surface area contributed by atoms with Crippen LogP contribution >= 0.6 is 0 Å². The normalized spacial score (nSPS) is 14.2. The molecular weight excluding hydrogens is 682 g/mol. The van der Waals surface area contributed by atoms with Gasteiger partial charge < -0.3 is 30.0 Å². The SMILES string of the molecule is CN(C)CCn1ccc(N)c1.COc1cc(OC)c(F)c(-c2ccc(C(=O)Nc3ccc(CN4CCS(=O)(=O)CC4)cn3)c3nccnc23)c1F. The number of pyridine rings is 1. The highest BCUT2D eigenvalue weighted by Gasteiger charge is 2.26. The monoisotopic (exact) mass is 722 g/mol. The number of likely N-dealkylation sites (N-methyl/N-ethyl adjacent to an activating group) is 1. The molecule has 13 nitrogen and oxygen atoms in total. The van der Waals surface area contributed by atoms with Gasteiger partial charge in [-0.2, -0.15) is 0 Å². The molecule has 1 saturated heterocycles. The topological polar surface area (TPSA) is 158 Å². The molecule has 5 aromatic rings. The molecule has 3 aromatic heterocycles. The zero-order valence-corrected chi connectivity index (χ0v) is 29.6. The molecule has 0 spiro atoms. The van der Waals surface area contributed by atoms with Crippen molar-refractivity contribution in [2.24, 2.45) is 0 Å². The molecular formula is C35H40F2N8O5S. The number of hydrogen-bond acceptors (Lipinski definition) is 11. The fourth-order valence-electron chi connectivity index (χ4n) is 5.42. The Balaban J connectivity index is 0.000000392. The Bertz CT molecular complexity index is 2070. The molecule has 51 heavy (non-hydrogen) atoms. The van der Waals surface area contributed by atoms with E-state index in [9.17, 15) is 13.2 Å². The number of ether oxygens (including phenoxy) is 2. The summed E-state index contributed by atoms with van der Waals surface area (Å²) in [6.07, 6.45) is 8.29. The number of anilines is 2. The van der Waals surface area contributed by atoms with Crippen LogP contribution in [0.5, 0.6) is 11.5 Å². The number of aromatic nitrogens is 4. The fraction of sp³-hybridized carbons (Fsp3) is 0.314. The molecule has 2 aromatic carbocycles. The fourth-order valence-corrected chi connectivity index (χ4v) is 6.70. The van der Waals surface area contributed by atoms with Gasteiger partial charge in [0.25, 0.3) is 5.91 Å². The Hall–Kier alpha value is -5.19. The van der Waals surface area contributed by atoms with Crippen LogP contribution in [0.2, 0.25) is 0 Å². The molecule has 1 amide bonds. The van der Waals surface area contributed by atoms with Crippen LogP contribution in [-0.2, 0) is 22.9 Å². The van der Waals surface area contributed by atoms with E-state index in [1.165, 1.54) is 38.7 Å². The molecule has 0 unspecified atom stereocenters. The summed E-state index contributed by atoms with van der Waals surface area (Å²) < 4.78 is 65.9. The van der Waals surface area contributed by atoms with Crippen molar-refractivity contribution in [3.05, 3.63) is 90.1 Å². The summed E-state index contributed by atoms with van der Waals surface area (Å²) in [4.78, 5) is 30.2. The number of fused-ring (bicyclic) bond motifs is 1. The van der Waals surface area contributed by atoms with Crippen LogP contribution in [0.4, 0.5) is 20.3 Å². The van der Waals surface area contributed by atoms with Crippen molar-refractivity contribution in [3.8, 4) is 22.6 Å². The minimum absolute atomic E-state index is 0.0693. The lowest BCUT2D eigenvalue weighted by molar-refractivity contribution is 0.102. The Morgan fingerprint density at radius 2 is 1.63 bits per heavy atom. The number of nitrogens with zero attached hydrogens (tertiary/aromatic N) is 6. The first-order valence-corrected chi connectivity index (χ1v) is 17.8. The predicted octanol–water partition coefficient (Wildman–Crippen LogP) is 4.10. The summed E-state index contributed by atoms with van der Waals surface area (Å²) in [5, 5.41) is 2.71. The van der Waals surface area contributed by atoms with E-state index in [1.54, 1.807) is 18.3 Å². The highest BCUT2D eigenvalue weighted by atomic mass is 32.2. The van der Waals surface area contributed by atoms with Crippen molar-refractivity contribution in [1.82, 2.24) is 29.3 Å². The summed E-state index contributed by atoms with van der Waals surface area (Å²) in [7, 11) is 3.67. The van der Waals surface area contributed by atoms with Gasteiger partial charge in [0.1, 0.15) is 11.3 Å². The second-order valence-corrected chi connectivity index (χ2v) is 14.4. The van der Waals surface area contributed by atoms with Crippen molar-refractivity contribution in [1.29, 1.82) is 0 Å². The van der Waals surface area contributed by atoms with Gasteiger partial charge in [-0.3, -0.25) is 19.7 Å². The Kier molecular flexibility index (Phi) is 11.8. The first kappa shape index (κ1) is 37.1. The first-order chi connectivity index (χ1) is 24.4. The van der Waals surface area contributed by atoms with Gasteiger partial charge in [-0.1, -0.05) is 12.1 Å². The molecule has 0 aliphatic carbocycles. The Morgan fingerprint density at radius 3 is 2.20 bits per heavy atom. The number of rotatable bonds is 10. The van der Waals surface area contributed by atoms with E-state index in [1.807, 2.05) is 23.4 Å². The van der Waals surface area contributed by atoms with Crippen LogP contribution in [0.15, 0.2) is 67.4 Å². The van der Waals surface area contributed by atoms with E-state index < -0.39 is 32.9 Å². The summed E-state index contributed by atoms with van der Waals surface area (Å²) >= 11 is 0. The van der Waals surface area contributed by atoms with Gasteiger partial charge in [-0.05, 0) is 37.9 Å². The quantitative estimate of drug-likeness (QED) is 0.214. The second-order valence-electron chi connectivity index (χ2n) is 12.1. The summed E-state index contributed by atoms with van der Waals surface area (Å²) in [6.45, 7) is 3.52. The number of methoxy groups -OCH3 is 2. The van der Waals surface area contributed by atoms with E-state index in [0.29, 0.717) is 19.6 Å². The molecule has 0 atom stereocenters. The molecule has 3 N–H and O–H groups in total. The van der Waals surface area contributed by atoms with Crippen LogP contribution in [-0.4, -0.2) is 103 Å². The minimum atomic E-state index is -2.96. The van der Waals surface area contributed by atoms with Crippen molar-refractivity contribution in [2.45, 2.75) is 13.1 Å². The number of hydrogen-bond donors (Lipinski definition) is 2. The molecule has 270 valence electrons. The smallest absolute Gasteiger partial charge is 0.259 e. The maximum atomic E-state index is 15.2. The lowest BCUT2D eigenvalue weighted by Crippen LogP contribution is -2.39. The maximum Gasteiger partial charge on any atom is 0.259 e. The zero-order valence-electron chi connectivity index (χ0n) is 28.8. The summed E-state index contributed by atoms with van der Waals surface area (Å²) in [6, 6.07) is 9.26. The number of sulfone groups is 1. The number of nitrogen functional groups attached to an aromatic ring is 1. The van der Waals surface area contributed by atoms with Crippen molar-refractivity contribution in [2.75, 3.05) is 70.5 Å². The summed E-state index contributed by atoms with van der Waals surface area (Å²) in [5.74, 6) is -2.31. The van der Waals surface area contributed by atoms with Crippen molar-refractivity contribution < 1.29 is 31.5 Å². The highest BCUT2D eigenvalue weighted by Crippen LogP contribution is 2.40. The van der Waals surface area contributed by atoms with Gasteiger partial charge >= 0.3 is 0 Å². The van der Waals surface area contributed by atoms with Crippen molar-refractivity contribution >= 4 is 38.3 Å². The number of nitrogens with one attached hydrogen (secondary N) is 1. The van der Waals surface area contributed by atoms with Crippen LogP contribution in [0.1, 0.15) is 15.9 Å². The second kappa shape index (κ2) is 16.2. The largest absolute Gasteiger partial charge is 0.494 e. The molecule has 0 radical (unpaired) electrons. The molecule has 16 heteroatoms. The molecule has 1 aliphatic heterocycles. The van der Waals surface area contributed by atoms with Crippen LogP contribution in [0.3, 0.4) is 0 Å². The molecule has 1 aliphatic rings. The molecule has 0 saturated carbocycles. The standard InChI is InChI=1S/C27H25F2N5O5S.C8H15N3/c1-38-19-13-20(39-2)24(29)22(23(19)28)17-4-5-18(26-25(17)30-7-8-31-26)27(35)33-21-6-3-16(14-32-21)15-34-9-11-40(36,37)12-10-34;1-10(2)5-6-11-4-3-8(9)7-11/h3-8,13-14H,9-12,15H2,1-2H3,(H,32,33,35);3-4,7H,5-6,9H2,1-2H3. The lowest BCUT2D eigenvalue weighted by atomic mass is 9.98. The minimum Gasteiger partial charge on any atom is -0.494 e. The summed E-state index contributed by atoms with van der Waals surface area (Å²) in [5.41, 5.74) is 7.28. The number of carbonyl (C=O) groups is 1. The third-order valence-electron chi connectivity index (χ3n) is 8.20. The Morgan fingerprint density at radius 1 is 0.961 bits per heavy atom. The molecule has 4 heterocycles. The van der Waals surface area contributed by atoms with Gasteiger partial charge in [0.15, 0.2) is 33.0 Å². The first-order valence-electron chi connectivity index (χ1n) is 16.0. The lowest BCUT2D eigenvalue weighted by Gasteiger charge is -2.26. The third-order valence-corrected chi connectivity index (χ3v) is 9.81. The van der Waals surface area contributed by atoms with Gasteiger partial charge in [0.2, 0.25) is 0 Å². The molecule has 6 rings (SSSR count). The number of carbonyl (C=O) groups excluding carboxylic acids is 1. The van der Waals surface area contributed by atoms with Crippen LogP contribution in [0, 0.1) is 11.6 Å². The van der Waals surface area contributed by atoms with Gasteiger partial charge in [0.05, 0.1) is 42.4 Å². The molecule has 0 bridgehead atoms. The average molecular weight is 723 g/mol. The number of amides is 1. The molecule has 1 fully saturated rings. The number of benzene rings is 2. The van der Waals surface area contributed by atoms with Gasteiger partial charge in [0, 0.05) is 81.0 Å². The average Bonchev–Trinajstić information content (AvgIpc) is 3.54. The van der Waals surface area contributed by atoms with Crippen LogP contribution in [0.25, 0.3) is 22.2 Å². The van der Waals surface area contributed by atoms with E-state index in [0.717, 1.165) is 30.4 Å². The van der Waals surface area contributed by atoms with E-state index >= 15 is 8.78 Å². The third kappa shape index (κ3) is 9.14. The van der Waals surface area contributed by atoms with Gasteiger partial charge in [-0.15, -0.1) is 0 Å². The predicted molar refractivity (Wildman–Crippen MR) is 192 cm³/mol.